The van der Waals surface area contributed by atoms with Crippen LogP contribution in [0.1, 0.15) is 21.5 Å². The number of carboxylic acid groups (broad SMARTS) is 1. The van der Waals surface area contributed by atoms with Crippen molar-refractivity contribution in [1.82, 2.24) is 0 Å². The number of carbonyl (C=O) groups is 2. The number of carboxylic acids is 1. The van der Waals surface area contributed by atoms with E-state index < -0.39 is 36.4 Å². The fourth-order valence-corrected chi connectivity index (χ4v) is 2.85. The second-order valence-corrected chi connectivity index (χ2v) is 5.93. The summed E-state index contributed by atoms with van der Waals surface area (Å²) in [5.74, 6) is -3.91. The van der Waals surface area contributed by atoms with Crippen LogP contribution in [0, 0.1) is 5.92 Å². The molecular weight excluding hydrogens is 353 g/mol. The van der Waals surface area contributed by atoms with E-state index in [2.05, 4.69) is 0 Å². The first-order chi connectivity index (χ1) is 12.2. The molecule has 0 bridgehead atoms. The van der Waals surface area contributed by atoms with Crippen molar-refractivity contribution in [3.8, 4) is 11.5 Å². The molecule has 5 nitrogen and oxygen atoms in total. The zero-order valence-electron chi connectivity index (χ0n) is 13.2. The molecule has 2 aromatic carbocycles. The Kier molecular flexibility index (Phi) is 4.35. The molecule has 0 amide bonds. The third kappa shape index (κ3) is 3.35. The Bertz CT molecular complexity index is 858. The van der Waals surface area contributed by atoms with Crippen LogP contribution >= 0.6 is 0 Å². The molecule has 1 aliphatic heterocycles. The summed E-state index contributed by atoms with van der Waals surface area (Å²) in [5, 5.41) is 18.4. The highest BCUT2D eigenvalue weighted by Gasteiger charge is 2.52. The third-order valence-electron chi connectivity index (χ3n) is 4.15. The number of hydrogen-bond donors (Lipinski definition) is 2. The van der Waals surface area contributed by atoms with E-state index in [1.165, 1.54) is 42.5 Å². The number of phenolic OH excluding ortho intramolecular Hbond substituents is 1. The average Bonchev–Trinajstić information content (AvgIpc) is 2.59. The van der Waals surface area contributed by atoms with Gasteiger partial charge < -0.3 is 14.9 Å². The number of fused-ring (bicyclic) bond motifs is 1. The molecule has 3 rings (SSSR count). The lowest BCUT2D eigenvalue weighted by Crippen LogP contribution is -2.47. The monoisotopic (exact) mass is 366 g/mol. The van der Waals surface area contributed by atoms with Gasteiger partial charge >= 0.3 is 12.1 Å². The maximum atomic E-state index is 13.0. The molecule has 0 unspecified atom stereocenters. The Hall–Kier alpha value is -3.03. The number of carbonyl (C=O) groups excluding carboxylic acids is 1. The van der Waals surface area contributed by atoms with Gasteiger partial charge in [0.15, 0.2) is 5.78 Å². The van der Waals surface area contributed by atoms with E-state index in [-0.39, 0.29) is 28.2 Å². The van der Waals surface area contributed by atoms with Crippen LogP contribution in [0.2, 0.25) is 0 Å². The van der Waals surface area contributed by atoms with E-state index in [0.717, 1.165) is 0 Å². The highest BCUT2D eigenvalue weighted by molar-refractivity contribution is 6.09. The molecule has 0 aliphatic carbocycles. The van der Waals surface area contributed by atoms with Crippen LogP contribution in [0.3, 0.4) is 0 Å². The number of phenols is 1. The predicted octanol–water partition coefficient (Wildman–Crippen LogP) is 3.19. The Balaban J connectivity index is 1.94. The van der Waals surface area contributed by atoms with Gasteiger partial charge in [-0.15, -0.1) is 0 Å². The smallest absolute Gasteiger partial charge is 0.426 e. The predicted molar refractivity (Wildman–Crippen MR) is 83.3 cm³/mol. The Labute approximate surface area is 145 Å². The van der Waals surface area contributed by atoms with Gasteiger partial charge in [-0.3, -0.25) is 9.59 Å². The molecule has 2 aromatic rings. The molecule has 1 heterocycles. The second-order valence-electron chi connectivity index (χ2n) is 5.93. The number of hydrogen-bond acceptors (Lipinski definition) is 4. The standard InChI is InChI=1S/C18H13F3O5/c19-18(20,21)16-13(17(24)25)8-11-7-10(3-6-14(11)26-16)15(23)9-1-4-12(22)5-2-9/h1-7,13,16,22H,8H2,(H,24,25)/t13-,16+/m1/s1. The van der Waals surface area contributed by atoms with Gasteiger partial charge in [-0.1, -0.05) is 0 Å². The molecule has 0 aromatic heterocycles. The van der Waals surface area contributed by atoms with Crippen molar-refractivity contribution >= 4 is 11.8 Å². The molecule has 1 aliphatic rings. The van der Waals surface area contributed by atoms with Crippen LogP contribution in [-0.2, 0) is 11.2 Å². The number of halogens is 3. The number of aliphatic carboxylic acids is 1. The van der Waals surface area contributed by atoms with Crippen molar-refractivity contribution in [3.63, 3.8) is 0 Å². The minimum atomic E-state index is -4.82. The number of ether oxygens (including phenoxy) is 1. The first-order valence-corrected chi connectivity index (χ1v) is 7.59. The normalized spacial score (nSPS) is 19.3. The molecule has 8 heteroatoms. The van der Waals surface area contributed by atoms with Crippen LogP contribution in [0.5, 0.6) is 11.5 Å². The molecule has 0 fully saturated rings. The lowest BCUT2D eigenvalue weighted by atomic mass is 9.88. The molecule has 0 radical (unpaired) electrons. The van der Waals surface area contributed by atoms with Gasteiger partial charge in [-0.25, -0.2) is 0 Å². The van der Waals surface area contributed by atoms with Crippen LogP contribution in [0.15, 0.2) is 42.5 Å². The topological polar surface area (TPSA) is 83.8 Å². The van der Waals surface area contributed by atoms with Gasteiger partial charge in [0, 0.05) is 11.1 Å². The summed E-state index contributed by atoms with van der Waals surface area (Å²) in [7, 11) is 0. The lowest BCUT2D eigenvalue weighted by molar-refractivity contribution is -0.217. The number of alkyl halides is 3. The number of aromatic hydroxyl groups is 1. The molecule has 2 atom stereocenters. The first-order valence-electron chi connectivity index (χ1n) is 7.59. The van der Waals surface area contributed by atoms with Crippen LogP contribution in [0.25, 0.3) is 0 Å². The van der Waals surface area contributed by atoms with Crippen LogP contribution in [-0.4, -0.2) is 34.2 Å². The fraction of sp³-hybridized carbons (Fsp3) is 0.222. The molecule has 26 heavy (non-hydrogen) atoms. The zero-order valence-corrected chi connectivity index (χ0v) is 13.2. The van der Waals surface area contributed by atoms with E-state index in [1.807, 2.05) is 0 Å². The van der Waals surface area contributed by atoms with Gasteiger partial charge in [-0.05, 0) is 54.4 Å². The van der Waals surface area contributed by atoms with Crippen molar-refractivity contribution in [3.05, 3.63) is 59.2 Å². The second kappa shape index (κ2) is 6.36. The summed E-state index contributed by atoms with van der Waals surface area (Å²) < 4.78 is 44.0. The number of ketones is 1. The van der Waals surface area contributed by atoms with Crippen molar-refractivity contribution in [1.29, 1.82) is 0 Å². The molecule has 136 valence electrons. The van der Waals surface area contributed by atoms with Crippen LogP contribution in [0.4, 0.5) is 13.2 Å². The summed E-state index contributed by atoms with van der Waals surface area (Å²) in [6.45, 7) is 0. The summed E-state index contributed by atoms with van der Waals surface area (Å²) in [6, 6.07) is 9.39. The Morgan fingerprint density at radius 3 is 2.23 bits per heavy atom. The highest BCUT2D eigenvalue weighted by Crippen LogP contribution is 2.39. The molecule has 0 saturated carbocycles. The number of benzene rings is 2. The molecule has 0 saturated heterocycles. The van der Waals surface area contributed by atoms with Gasteiger partial charge in [0.25, 0.3) is 0 Å². The van der Waals surface area contributed by atoms with Crippen molar-refractivity contribution in [2.75, 3.05) is 0 Å². The first kappa shape index (κ1) is 17.8. The maximum absolute atomic E-state index is 13.0. The van der Waals surface area contributed by atoms with E-state index in [4.69, 9.17) is 9.84 Å². The van der Waals surface area contributed by atoms with Crippen molar-refractivity contribution < 1.29 is 37.7 Å². The Morgan fingerprint density at radius 2 is 1.65 bits per heavy atom. The summed E-state index contributed by atoms with van der Waals surface area (Å²) in [5.41, 5.74) is 0.692. The van der Waals surface area contributed by atoms with Gasteiger partial charge in [0.2, 0.25) is 6.10 Å². The maximum Gasteiger partial charge on any atom is 0.426 e. The minimum Gasteiger partial charge on any atom is -0.508 e. The van der Waals surface area contributed by atoms with E-state index in [0.29, 0.717) is 0 Å². The Morgan fingerprint density at radius 1 is 1.04 bits per heavy atom. The quantitative estimate of drug-likeness (QED) is 0.815. The van der Waals surface area contributed by atoms with Crippen molar-refractivity contribution in [2.45, 2.75) is 18.7 Å². The summed E-state index contributed by atoms with van der Waals surface area (Å²) in [4.78, 5) is 23.7. The van der Waals surface area contributed by atoms with E-state index in [9.17, 15) is 27.9 Å². The van der Waals surface area contributed by atoms with Crippen molar-refractivity contribution in [2.24, 2.45) is 5.92 Å². The highest BCUT2D eigenvalue weighted by atomic mass is 19.4. The summed E-state index contributed by atoms with van der Waals surface area (Å²) in [6.07, 6.45) is -7.65. The van der Waals surface area contributed by atoms with Gasteiger partial charge in [-0.2, -0.15) is 13.2 Å². The van der Waals surface area contributed by atoms with E-state index >= 15 is 0 Å². The lowest BCUT2D eigenvalue weighted by Gasteiger charge is -2.32. The molecular formula is C18H13F3O5. The van der Waals surface area contributed by atoms with Crippen LogP contribution < -0.4 is 4.74 Å². The molecule has 0 spiro atoms. The number of rotatable bonds is 3. The van der Waals surface area contributed by atoms with Gasteiger partial charge in [0.05, 0.1) is 0 Å². The molecule has 2 N–H and O–H groups in total. The SMILES string of the molecule is O=C(c1ccc(O)cc1)c1ccc2c(c1)C[C@@H](C(=O)O)[C@@H](C(F)(F)F)O2. The van der Waals surface area contributed by atoms with E-state index in [1.54, 1.807) is 0 Å². The average molecular weight is 366 g/mol. The zero-order chi connectivity index (χ0) is 19.1. The minimum absolute atomic E-state index is 0.0112. The summed E-state index contributed by atoms with van der Waals surface area (Å²) >= 11 is 0. The largest absolute Gasteiger partial charge is 0.508 e. The third-order valence-corrected chi connectivity index (χ3v) is 4.15. The fourth-order valence-electron chi connectivity index (χ4n) is 2.85. The van der Waals surface area contributed by atoms with Gasteiger partial charge in [0.1, 0.15) is 17.4 Å².